The molecule has 0 aliphatic heterocycles. The Morgan fingerprint density at radius 3 is 1.27 bits per heavy atom. The first-order chi connectivity index (χ1) is 11.9. The fourth-order valence-electron chi connectivity index (χ4n) is 1.10. The maximum Gasteiger partial charge on any atom is 0.335 e. The Hall–Kier alpha value is -0.916. The van der Waals surface area contributed by atoms with Crippen LogP contribution in [0.4, 0.5) is 5.69 Å². The van der Waals surface area contributed by atoms with Crippen molar-refractivity contribution >= 4 is 11.7 Å². The molecule has 26 heavy (non-hydrogen) atoms. The molecule has 0 saturated heterocycles. The number of nitrogen functional groups attached to an aromatic ring is 1. The maximum atomic E-state index is 10.3. The molecule has 1 aromatic carbocycles. The molecule has 0 aliphatic carbocycles. The average molecular weight is 407 g/mol. The van der Waals surface area contributed by atoms with Gasteiger partial charge in [-0.2, -0.15) is 0 Å². The molecule has 0 amide bonds. The number of hydrogen-bond donors (Lipinski definition) is 5. The number of carboxylic acid groups (broad SMARTS) is 1. The molecule has 0 unspecified atom stereocenters. The van der Waals surface area contributed by atoms with E-state index in [2.05, 4.69) is 20.8 Å². The van der Waals surface area contributed by atoms with Crippen LogP contribution in [-0.4, -0.2) is 46.2 Å². The number of carbonyl (C=O) groups is 1. The molecule has 6 N–H and O–H groups in total. The largest absolute Gasteiger partial charge is 0.478 e. The number of rotatable bonds is 7. The van der Waals surface area contributed by atoms with E-state index in [1.54, 1.807) is 12.1 Å². The van der Waals surface area contributed by atoms with Crippen molar-refractivity contribution in [3.8, 4) is 0 Å². The van der Waals surface area contributed by atoms with Gasteiger partial charge < -0.3 is 26.2 Å². The van der Waals surface area contributed by atoms with Gasteiger partial charge in [-0.25, -0.2) is 4.79 Å². The number of benzene rings is 1. The molecule has 0 aliphatic rings. The van der Waals surface area contributed by atoms with Gasteiger partial charge in [0, 0.05) is 47.2 Å². The fourth-order valence-corrected chi connectivity index (χ4v) is 1.10. The van der Waals surface area contributed by atoms with Crippen LogP contribution in [-0.2, 0) is 21.7 Å². The first-order valence-corrected chi connectivity index (χ1v) is 8.86. The topological polar surface area (TPSA) is 124 Å². The molecule has 6 nitrogen and oxygen atoms in total. The smallest absolute Gasteiger partial charge is 0.335 e. The minimum absolute atomic E-state index is 0. The molecule has 152 valence electrons. The Morgan fingerprint density at radius 2 is 1.12 bits per heavy atom. The van der Waals surface area contributed by atoms with Crippen molar-refractivity contribution in [2.45, 2.75) is 59.3 Å². The molecule has 7 heteroatoms. The predicted octanol–water partition coefficient (Wildman–Crippen LogP) is 3.30. The molecule has 1 rings (SSSR count). The zero-order valence-corrected chi connectivity index (χ0v) is 18.0. The fraction of sp³-hybridized carbons (Fsp3) is 0.632. The number of aromatic carboxylic acids is 1. The van der Waals surface area contributed by atoms with E-state index in [0.29, 0.717) is 25.5 Å². The number of aliphatic hydroxyl groups excluding tert-OH is 3. The summed E-state index contributed by atoms with van der Waals surface area (Å²) < 4.78 is 0. The number of anilines is 1. The summed E-state index contributed by atoms with van der Waals surface area (Å²) in [5.41, 5.74) is 6.17. The molecule has 0 radical (unpaired) electrons. The third-order valence-electron chi connectivity index (χ3n) is 2.69. The Labute approximate surface area is 173 Å². The molecule has 0 aromatic heterocycles. The second kappa shape index (κ2) is 28.9. The number of hydrogen-bond acceptors (Lipinski definition) is 5. The molecule has 1 aromatic rings. The standard InChI is InChI=1S/C7H7NO2.3C4H10O.Ti/c8-6-3-1-5(2-4-6)7(9)10;3*1-2-3-4-5;/h1-4H,8H2,(H,9,10);3*5H,2-4H2,1H3;. The Morgan fingerprint density at radius 1 is 0.808 bits per heavy atom. The summed E-state index contributed by atoms with van der Waals surface area (Å²) in [7, 11) is 0. The molecule has 0 heterocycles. The van der Waals surface area contributed by atoms with E-state index in [1.165, 1.54) is 12.1 Å². The van der Waals surface area contributed by atoms with Crippen molar-refractivity contribution in [2.24, 2.45) is 0 Å². The minimum atomic E-state index is -0.931. The zero-order chi connectivity index (χ0) is 19.9. The number of carboxylic acids is 1. The number of aliphatic hydroxyl groups is 3. The van der Waals surface area contributed by atoms with Crippen molar-refractivity contribution in [3.63, 3.8) is 0 Å². The van der Waals surface area contributed by atoms with Crippen molar-refractivity contribution < 1.29 is 46.9 Å². The third-order valence-corrected chi connectivity index (χ3v) is 2.69. The van der Waals surface area contributed by atoms with Crippen molar-refractivity contribution in [3.05, 3.63) is 29.8 Å². The Bertz CT molecular complexity index is 354. The van der Waals surface area contributed by atoms with E-state index in [9.17, 15) is 4.79 Å². The summed E-state index contributed by atoms with van der Waals surface area (Å²) >= 11 is 0. The van der Waals surface area contributed by atoms with E-state index < -0.39 is 5.97 Å². The quantitative estimate of drug-likeness (QED) is 0.349. The van der Waals surface area contributed by atoms with Gasteiger partial charge in [0.15, 0.2) is 0 Å². The normalized spacial score (nSPS) is 8.38. The van der Waals surface area contributed by atoms with Crippen LogP contribution in [0.1, 0.15) is 69.7 Å². The van der Waals surface area contributed by atoms with Gasteiger partial charge in [-0.15, -0.1) is 0 Å². The second-order valence-corrected chi connectivity index (χ2v) is 5.16. The monoisotopic (exact) mass is 407 g/mol. The van der Waals surface area contributed by atoms with Crippen LogP contribution < -0.4 is 5.73 Å². The summed E-state index contributed by atoms with van der Waals surface area (Å²) in [6, 6.07) is 6.06. The van der Waals surface area contributed by atoms with Crippen LogP contribution in [0.15, 0.2) is 24.3 Å². The van der Waals surface area contributed by atoms with E-state index in [0.717, 1.165) is 38.5 Å². The maximum absolute atomic E-state index is 10.3. The molecule has 0 bridgehead atoms. The van der Waals surface area contributed by atoms with Gasteiger partial charge in [-0.05, 0) is 43.5 Å². The Kier molecular flexibility index (Phi) is 36.3. The van der Waals surface area contributed by atoms with E-state index in [1.807, 2.05) is 0 Å². The first-order valence-electron chi connectivity index (χ1n) is 8.86. The van der Waals surface area contributed by atoms with Gasteiger partial charge in [0.1, 0.15) is 0 Å². The summed E-state index contributed by atoms with van der Waals surface area (Å²) in [5, 5.41) is 32.6. The SMILES string of the molecule is CCCCO.CCCCO.CCCCO.Nc1ccc(C(=O)O)cc1.[Ti]. The first kappa shape index (κ1) is 32.7. The van der Waals surface area contributed by atoms with Gasteiger partial charge in [-0.3, -0.25) is 0 Å². The van der Waals surface area contributed by atoms with Gasteiger partial charge in [0.25, 0.3) is 0 Å². The van der Waals surface area contributed by atoms with Crippen LogP contribution in [0, 0.1) is 0 Å². The van der Waals surface area contributed by atoms with E-state index >= 15 is 0 Å². The van der Waals surface area contributed by atoms with Gasteiger partial charge >= 0.3 is 5.97 Å². The summed E-state index contributed by atoms with van der Waals surface area (Å²) in [4.78, 5) is 10.3. The van der Waals surface area contributed by atoms with Gasteiger partial charge in [-0.1, -0.05) is 40.0 Å². The molecular formula is C19H37NO5Ti. The van der Waals surface area contributed by atoms with Gasteiger partial charge in [0.05, 0.1) is 5.56 Å². The molecular weight excluding hydrogens is 370 g/mol. The minimum Gasteiger partial charge on any atom is -0.478 e. The zero-order valence-electron chi connectivity index (χ0n) is 16.4. The Balaban J connectivity index is -0.000000132. The van der Waals surface area contributed by atoms with Crippen molar-refractivity contribution in [1.29, 1.82) is 0 Å². The van der Waals surface area contributed by atoms with Gasteiger partial charge in [0.2, 0.25) is 0 Å². The molecule has 0 atom stereocenters. The van der Waals surface area contributed by atoms with Crippen LogP contribution in [0.3, 0.4) is 0 Å². The van der Waals surface area contributed by atoms with E-state index in [4.69, 9.17) is 26.2 Å². The van der Waals surface area contributed by atoms with Crippen molar-refractivity contribution in [2.75, 3.05) is 25.6 Å². The van der Waals surface area contributed by atoms with Crippen molar-refractivity contribution in [1.82, 2.24) is 0 Å². The number of unbranched alkanes of at least 4 members (excludes halogenated alkanes) is 3. The summed E-state index contributed by atoms with van der Waals surface area (Å²) in [5.74, 6) is -0.931. The number of nitrogens with two attached hydrogens (primary N) is 1. The third kappa shape index (κ3) is 30.9. The average Bonchev–Trinajstić information content (AvgIpc) is 2.59. The summed E-state index contributed by atoms with van der Waals surface area (Å²) in [6.07, 6.45) is 6.11. The second-order valence-electron chi connectivity index (χ2n) is 5.16. The molecule has 0 fully saturated rings. The van der Waals surface area contributed by atoms with Crippen LogP contribution in [0.2, 0.25) is 0 Å². The van der Waals surface area contributed by atoms with Crippen LogP contribution in [0.25, 0.3) is 0 Å². The predicted molar refractivity (Wildman–Crippen MR) is 104 cm³/mol. The molecule has 0 saturated carbocycles. The van der Waals surface area contributed by atoms with Crippen LogP contribution in [0.5, 0.6) is 0 Å². The van der Waals surface area contributed by atoms with E-state index in [-0.39, 0.29) is 27.3 Å². The molecule has 0 spiro atoms. The summed E-state index contributed by atoms with van der Waals surface area (Å²) in [6.45, 7) is 7.19. The van der Waals surface area contributed by atoms with Crippen LogP contribution >= 0.6 is 0 Å².